The molecule has 1 aliphatic heterocycles. The van der Waals surface area contributed by atoms with Gasteiger partial charge < -0.3 is 10.3 Å². The molecule has 1 atom stereocenters. The number of H-pyrrole nitrogens is 1. The van der Waals surface area contributed by atoms with Crippen molar-refractivity contribution in [3.05, 3.63) is 23.0 Å². The van der Waals surface area contributed by atoms with Crippen LogP contribution in [0.25, 0.3) is 0 Å². The summed E-state index contributed by atoms with van der Waals surface area (Å²) in [6.07, 6.45) is 2.93. The molecule has 1 amide bonds. The van der Waals surface area contributed by atoms with Crippen LogP contribution in [-0.2, 0) is 4.79 Å². The molecule has 0 aromatic carbocycles. The van der Waals surface area contributed by atoms with E-state index in [-0.39, 0.29) is 17.7 Å². The van der Waals surface area contributed by atoms with Gasteiger partial charge in [-0.3, -0.25) is 14.5 Å². The fraction of sp³-hybridized carbons (Fsp3) is 0.600. The van der Waals surface area contributed by atoms with Crippen molar-refractivity contribution in [1.29, 1.82) is 0 Å². The van der Waals surface area contributed by atoms with Gasteiger partial charge >= 0.3 is 0 Å². The number of nitrogens with zero attached hydrogens (tertiary/aromatic N) is 1. The van der Waals surface area contributed by atoms with Crippen LogP contribution < -0.4 is 5.32 Å². The molecule has 0 bridgehead atoms. The minimum absolute atomic E-state index is 0.0134. The molecule has 1 saturated heterocycles. The van der Waals surface area contributed by atoms with E-state index in [2.05, 4.69) is 10.3 Å². The van der Waals surface area contributed by atoms with Gasteiger partial charge in [-0.15, -0.1) is 0 Å². The van der Waals surface area contributed by atoms with Crippen LogP contribution in [0.3, 0.4) is 0 Å². The van der Waals surface area contributed by atoms with Crippen LogP contribution in [0.4, 0.5) is 0 Å². The Bertz CT molecular complexity index is 507. The Morgan fingerprint density at radius 1 is 1.40 bits per heavy atom. The third-order valence-corrected chi connectivity index (χ3v) is 3.96. The van der Waals surface area contributed by atoms with E-state index < -0.39 is 0 Å². The van der Waals surface area contributed by atoms with Gasteiger partial charge in [0.2, 0.25) is 5.91 Å². The number of Topliss-reactive ketones (excluding diaryl/α,β-unsaturated/α-hetero) is 1. The molecule has 1 aromatic rings. The molecule has 0 saturated carbocycles. The Kier molecular flexibility index (Phi) is 4.60. The quantitative estimate of drug-likeness (QED) is 0.818. The Labute approximate surface area is 119 Å². The van der Waals surface area contributed by atoms with Crippen LogP contribution >= 0.6 is 0 Å². The third kappa shape index (κ3) is 3.10. The van der Waals surface area contributed by atoms with E-state index in [9.17, 15) is 9.59 Å². The van der Waals surface area contributed by atoms with Crippen molar-refractivity contribution >= 4 is 11.7 Å². The van der Waals surface area contributed by atoms with E-state index >= 15 is 0 Å². The predicted molar refractivity (Wildman–Crippen MR) is 77.9 cm³/mol. The van der Waals surface area contributed by atoms with E-state index in [1.807, 2.05) is 24.8 Å². The summed E-state index contributed by atoms with van der Waals surface area (Å²) in [4.78, 5) is 29.5. The van der Waals surface area contributed by atoms with Crippen molar-refractivity contribution in [1.82, 2.24) is 15.2 Å². The summed E-state index contributed by atoms with van der Waals surface area (Å²) >= 11 is 0. The maximum atomic E-state index is 12.4. The summed E-state index contributed by atoms with van der Waals surface area (Å²) in [5.74, 6) is 0.0992. The predicted octanol–water partition coefficient (Wildman–Crippen LogP) is 1.41. The smallest absolute Gasteiger partial charge is 0.237 e. The Hall–Kier alpha value is -1.62. The topological polar surface area (TPSA) is 65.2 Å². The molecule has 20 heavy (non-hydrogen) atoms. The van der Waals surface area contributed by atoms with Gasteiger partial charge in [-0.1, -0.05) is 6.42 Å². The van der Waals surface area contributed by atoms with Gasteiger partial charge in [0, 0.05) is 24.0 Å². The first-order valence-electron chi connectivity index (χ1n) is 7.18. The number of hydrogen-bond acceptors (Lipinski definition) is 3. The Morgan fingerprint density at radius 3 is 2.75 bits per heavy atom. The molecule has 0 aliphatic carbocycles. The molecule has 2 N–H and O–H groups in total. The number of aryl methyl sites for hydroxylation is 2. The summed E-state index contributed by atoms with van der Waals surface area (Å²) < 4.78 is 0. The number of piperidine rings is 1. The molecular weight excluding hydrogens is 254 g/mol. The van der Waals surface area contributed by atoms with Crippen LogP contribution in [0.15, 0.2) is 6.07 Å². The Balaban J connectivity index is 2.08. The first-order valence-corrected chi connectivity index (χ1v) is 7.18. The van der Waals surface area contributed by atoms with Gasteiger partial charge in [-0.2, -0.15) is 0 Å². The van der Waals surface area contributed by atoms with Crippen LogP contribution in [0.2, 0.25) is 0 Å². The van der Waals surface area contributed by atoms with E-state index in [1.165, 1.54) is 0 Å². The number of carbonyl (C=O) groups is 2. The summed E-state index contributed by atoms with van der Waals surface area (Å²) in [6, 6.07) is 1.72. The number of ketones is 1. The molecule has 0 spiro atoms. The molecule has 110 valence electrons. The highest BCUT2D eigenvalue weighted by atomic mass is 16.2. The van der Waals surface area contributed by atoms with E-state index in [0.29, 0.717) is 6.54 Å². The highest BCUT2D eigenvalue weighted by molar-refractivity contribution is 5.99. The first-order chi connectivity index (χ1) is 9.52. The molecule has 5 nitrogen and oxygen atoms in total. The van der Waals surface area contributed by atoms with Crippen LogP contribution in [-0.4, -0.2) is 47.8 Å². The standard InChI is InChI=1S/C15H23N3O2/c1-10-8-12(11(2)17-10)14(19)9-18-7-5-4-6-13(18)15(20)16-3/h8,13,17H,4-7,9H2,1-3H3,(H,16,20). The fourth-order valence-electron chi connectivity index (χ4n) is 2.93. The maximum absolute atomic E-state index is 12.4. The normalized spacial score (nSPS) is 19.9. The van der Waals surface area contributed by atoms with Crippen LogP contribution in [0.1, 0.15) is 41.0 Å². The van der Waals surface area contributed by atoms with Gasteiger partial charge in [-0.05, 0) is 39.3 Å². The zero-order chi connectivity index (χ0) is 14.7. The molecule has 5 heteroatoms. The molecule has 1 aliphatic rings. The molecule has 2 rings (SSSR count). The molecule has 1 unspecified atom stereocenters. The SMILES string of the molecule is CNC(=O)C1CCCCN1CC(=O)c1cc(C)[nH]c1C. The number of likely N-dealkylation sites (N-methyl/N-ethyl adjacent to an activating group) is 1. The highest BCUT2D eigenvalue weighted by Gasteiger charge is 2.29. The molecule has 1 fully saturated rings. The average Bonchev–Trinajstić information content (AvgIpc) is 2.77. The summed E-state index contributed by atoms with van der Waals surface area (Å²) in [7, 11) is 1.65. The van der Waals surface area contributed by atoms with Crippen molar-refractivity contribution in [3.63, 3.8) is 0 Å². The number of carbonyl (C=O) groups excluding carboxylic acids is 2. The van der Waals surface area contributed by atoms with Gasteiger partial charge in [-0.25, -0.2) is 0 Å². The average molecular weight is 277 g/mol. The lowest BCUT2D eigenvalue weighted by Gasteiger charge is -2.33. The van der Waals surface area contributed by atoms with Gasteiger partial charge in [0.1, 0.15) is 0 Å². The second-order valence-electron chi connectivity index (χ2n) is 5.51. The molecule has 2 heterocycles. The number of aromatic nitrogens is 1. The monoisotopic (exact) mass is 277 g/mol. The fourth-order valence-corrected chi connectivity index (χ4v) is 2.93. The minimum atomic E-state index is -0.168. The second-order valence-corrected chi connectivity index (χ2v) is 5.51. The largest absolute Gasteiger partial charge is 0.362 e. The lowest BCUT2D eigenvalue weighted by Crippen LogP contribution is -2.50. The molecule has 1 aromatic heterocycles. The van der Waals surface area contributed by atoms with Crippen molar-refractivity contribution in [2.45, 2.75) is 39.2 Å². The zero-order valence-electron chi connectivity index (χ0n) is 12.5. The lowest BCUT2D eigenvalue weighted by atomic mass is 10.00. The van der Waals surface area contributed by atoms with Crippen LogP contribution in [0, 0.1) is 13.8 Å². The molecule has 0 radical (unpaired) electrons. The number of aromatic amines is 1. The number of likely N-dealkylation sites (tertiary alicyclic amines) is 1. The van der Waals surface area contributed by atoms with Gasteiger partial charge in [0.15, 0.2) is 5.78 Å². The van der Waals surface area contributed by atoms with Crippen molar-refractivity contribution in [3.8, 4) is 0 Å². The maximum Gasteiger partial charge on any atom is 0.237 e. The number of amides is 1. The summed E-state index contributed by atoms with van der Waals surface area (Å²) in [6.45, 7) is 4.98. The van der Waals surface area contributed by atoms with Crippen molar-refractivity contribution in [2.75, 3.05) is 20.1 Å². The van der Waals surface area contributed by atoms with Crippen molar-refractivity contribution in [2.24, 2.45) is 0 Å². The first kappa shape index (κ1) is 14.8. The summed E-state index contributed by atoms with van der Waals surface area (Å²) in [5, 5.41) is 2.70. The highest BCUT2D eigenvalue weighted by Crippen LogP contribution is 2.19. The van der Waals surface area contributed by atoms with Gasteiger partial charge in [0.05, 0.1) is 12.6 Å². The van der Waals surface area contributed by atoms with Crippen LogP contribution in [0.5, 0.6) is 0 Å². The third-order valence-electron chi connectivity index (χ3n) is 3.96. The van der Waals surface area contributed by atoms with E-state index in [0.717, 1.165) is 42.8 Å². The molecular formula is C15H23N3O2. The number of hydrogen-bond donors (Lipinski definition) is 2. The van der Waals surface area contributed by atoms with Crippen molar-refractivity contribution < 1.29 is 9.59 Å². The number of nitrogens with one attached hydrogen (secondary N) is 2. The van der Waals surface area contributed by atoms with Gasteiger partial charge in [0.25, 0.3) is 0 Å². The minimum Gasteiger partial charge on any atom is -0.362 e. The van der Waals surface area contributed by atoms with E-state index in [1.54, 1.807) is 7.05 Å². The number of rotatable bonds is 4. The summed E-state index contributed by atoms with van der Waals surface area (Å²) in [5.41, 5.74) is 2.64. The second kappa shape index (κ2) is 6.22. The zero-order valence-corrected chi connectivity index (χ0v) is 12.5. The van der Waals surface area contributed by atoms with E-state index in [4.69, 9.17) is 0 Å². The lowest BCUT2D eigenvalue weighted by molar-refractivity contribution is -0.126. The Morgan fingerprint density at radius 2 is 2.15 bits per heavy atom.